The van der Waals surface area contributed by atoms with Crippen molar-refractivity contribution in [2.45, 2.75) is 63.5 Å². The van der Waals surface area contributed by atoms with E-state index in [9.17, 15) is 14.3 Å². The normalized spacial score (nSPS) is 22.9. The van der Waals surface area contributed by atoms with Crippen LogP contribution in [0.4, 0.5) is 4.39 Å². The lowest BCUT2D eigenvalue weighted by Crippen LogP contribution is -2.37. The Morgan fingerprint density at radius 2 is 1.93 bits per heavy atom. The molecule has 2 aromatic carbocycles. The van der Waals surface area contributed by atoms with Crippen molar-refractivity contribution in [3.8, 4) is 11.5 Å². The molecule has 0 bridgehead atoms. The van der Waals surface area contributed by atoms with Gasteiger partial charge in [0.05, 0.1) is 24.3 Å². The number of fused-ring (bicyclic) bond motifs is 2. The topological polar surface area (TPSA) is 98.9 Å². The first kappa shape index (κ1) is 28.1. The Bertz CT molecular complexity index is 1720. The maximum Gasteiger partial charge on any atom is 0.354 e. The van der Waals surface area contributed by atoms with E-state index >= 15 is 0 Å². The number of rotatable bonds is 7. The zero-order chi connectivity index (χ0) is 29.9. The van der Waals surface area contributed by atoms with E-state index in [2.05, 4.69) is 22.9 Å². The maximum atomic E-state index is 14.8. The van der Waals surface area contributed by atoms with Crippen LogP contribution in [0.25, 0.3) is 11.2 Å². The highest BCUT2D eigenvalue weighted by atomic mass is 35.5. The van der Waals surface area contributed by atoms with Crippen molar-refractivity contribution in [2.75, 3.05) is 19.7 Å². The standard InChI is InChI=1S/C32H32ClFN4O5/c1-18(29-35-25-8-9-26(31(39)40)36-30(25)38(29)17-21-12-15-41-21)37-13-10-19(11-14-37)22-4-3-5-27-28(22)43-32(2,42-27)23-7-6-20(33)16-24(23)34/h3-9,16,18-19,21H,10-15,17H2,1-2H3,(H,39,40)/t18?,21-,32?/m0/s1. The first-order valence-electron chi connectivity index (χ1n) is 14.6. The van der Waals surface area contributed by atoms with Crippen LogP contribution in [0.15, 0.2) is 48.5 Å². The molecule has 2 aromatic heterocycles. The monoisotopic (exact) mass is 606 g/mol. The van der Waals surface area contributed by atoms with Gasteiger partial charge in [0.15, 0.2) is 22.8 Å². The molecule has 3 aliphatic rings. The molecule has 0 saturated carbocycles. The smallest absolute Gasteiger partial charge is 0.354 e. The summed E-state index contributed by atoms with van der Waals surface area (Å²) in [6.45, 7) is 6.84. The summed E-state index contributed by atoms with van der Waals surface area (Å²) < 4.78 is 35.1. The van der Waals surface area contributed by atoms with Crippen LogP contribution in [0, 0.1) is 5.82 Å². The summed E-state index contributed by atoms with van der Waals surface area (Å²) in [5, 5.41) is 9.83. The Labute approximate surface area is 253 Å². The second-order valence-corrected chi connectivity index (χ2v) is 12.1. The molecule has 0 amide bonds. The molecule has 7 rings (SSSR count). The van der Waals surface area contributed by atoms with E-state index in [1.54, 1.807) is 25.1 Å². The van der Waals surface area contributed by atoms with Gasteiger partial charge in [-0.05, 0) is 81.6 Å². The number of carboxylic acids is 1. The number of imidazole rings is 1. The van der Waals surface area contributed by atoms with E-state index < -0.39 is 17.6 Å². The van der Waals surface area contributed by atoms with Crippen molar-refractivity contribution in [1.82, 2.24) is 19.4 Å². The molecule has 0 radical (unpaired) electrons. The number of pyridine rings is 1. The summed E-state index contributed by atoms with van der Waals surface area (Å²) in [5.41, 5.74) is 2.60. The highest BCUT2D eigenvalue weighted by Gasteiger charge is 2.43. The van der Waals surface area contributed by atoms with E-state index in [4.69, 9.17) is 30.8 Å². The van der Waals surface area contributed by atoms with Gasteiger partial charge in [0.2, 0.25) is 0 Å². The molecule has 224 valence electrons. The summed E-state index contributed by atoms with van der Waals surface area (Å²) in [6.07, 6.45) is 2.81. The van der Waals surface area contributed by atoms with Crippen LogP contribution >= 0.6 is 11.6 Å². The molecule has 3 aliphatic heterocycles. The van der Waals surface area contributed by atoms with Gasteiger partial charge >= 0.3 is 5.97 Å². The number of hydrogen-bond donors (Lipinski definition) is 1. The largest absolute Gasteiger partial charge is 0.477 e. The molecule has 11 heteroatoms. The minimum atomic E-state index is -1.29. The number of carbonyl (C=O) groups is 1. The number of carboxylic acid groups (broad SMARTS) is 1. The van der Waals surface area contributed by atoms with Gasteiger partial charge in [-0.25, -0.2) is 19.2 Å². The van der Waals surface area contributed by atoms with Crippen LogP contribution in [-0.4, -0.2) is 56.3 Å². The lowest BCUT2D eigenvalue weighted by Gasteiger charge is -2.36. The summed E-state index contributed by atoms with van der Waals surface area (Å²) in [5.74, 6) is -0.472. The number of para-hydroxylation sites is 1. The fourth-order valence-corrected chi connectivity index (χ4v) is 6.63. The molecule has 0 spiro atoms. The lowest BCUT2D eigenvalue weighted by atomic mass is 9.88. The summed E-state index contributed by atoms with van der Waals surface area (Å²) in [4.78, 5) is 23.4. The van der Waals surface area contributed by atoms with Gasteiger partial charge in [0.1, 0.15) is 17.2 Å². The van der Waals surface area contributed by atoms with Crippen molar-refractivity contribution >= 4 is 28.7 Å². The second kappa shape index (κ2) is 10.8. The molecule has 43 heavy (non-hydrogen) atoms. The Hall–Kier alpha value is -3.73. The second-order valence-electron chi connectivity index (χ2n) is 11.6. The third kappa shape index (κ3) is 5.01. The van der Waals surface area contributed by atoms with E-state index in [0.717, 1.165) is 50.3 Å². The van der Waals surface area contributed by atoms with Gasteiger partial charge in [-0.15, -0.1) is 0 Å². The molecule has 2 unspecified atom stereocenters. The predicted molar refractivity (Wildman–Crippen MR) is 157 cm³/mol. The van der Waals surface area contributed by atoms with E-state index in [-0.39, 0.29) is 23.8 Å². The van der Waals surface area contributed by atoms with Crippen LogP contribution < -0.4 is 9.47 Å². The molecule has 2 saturated heterocycles. The lowest BCUT2D eigenvalue weighted by molar-refractivity contribution is -0.0712. The number of piperidine rings is 1. The van der Waals surface area contributed by atoms with Gasteiger partial charge in [0, 0.05) is 24.1 Å². The van der Waals surface area contributed by atoms with E-state index in [0.29, 0.717) is 39.8 Å². The average molecular weight is 607 g/mol. The van der Waals surface area contributed by atoms with Crippen molar-refractivity contribution in [1.29, 1.82) is 0 Å². The van der Waals surface area contributed by atoms with Crippen molar-refractivity contribution < 1.29 is 28.5 Å². The minimum Gasteiger partial charge on any atom is -0.477 e. The number of halogens is 2. The van der Waals surface area contributed by atoms with E-state index in [1.807, 2.05) is 16.7 Å². The van der Waals surface area contributed by atoms with Crippen LogP contribution in [-0.2, 0) is 17.1 Å². The zero-order valence-corrected chi connectivity index (χ0v) is 24.7. The van der Waals surface area contributed by atoms with E-state index in [1.165, 1.54) is 12.1 Å². The average Bonchev–Trinajstić information content (AvgIpc) is 3.51. The predicted octanol–water partition coefficient (Wildman–Crippen LogP) is 6.30. The van der Waals surface area contributed by atoms with Crippen molar-refractivity contribution in [3.05, 3.63) is 82.0 Å². The van der Waals surface area contributed by atoms with Crippen LogP contribution in [0.3, 0.4) is 0 Å². The molecule has 3 atom stereocenters. The third-order valence-electron chi connectivity index (χ3n) is 8.94. The molecule has 5 heterocycles. The molecule has 9 nitrogen and oxygen atoms in total. The fraction of sp³-hybridized carbons (Fsp3) is 0.406. The van der Waals surface area contributed by atoms with Crippen molar-refractivity contribution in [3.63, 3.8) is 0 Å². The first-order chi connectivity index (χ1) is 20.7. The van der Waals surface area contributed by atoms with Gasteiger partial charge in [-0.1, -0.05) is 23.7 Å². The highest BCUT2D eigenvalue weighted by Crippen LogP contribution is 2.50. The number of likely N-dealkylation sites (tertiary alicyclic amines) is 1. The van der Waals surface area contributed by atoms with Crippen LogP contribution in [0.5, 0.6) is 11.5 Å². The van der Waals surface area contributed by atoms with Gasteiger partial charge in [0.25, 0.3) is 5.79 Å². The number of aromatic nitrogens is 3. The summed E-state index contributed by atoms with van der Waals surface area (Å²) in [7, 11) is 0. The number of benzene rings is 2. The van der Waals surface area contributed by atoms with Crippen LogP contribution in [0.1, 0.15) is 72.5 Å². The van der Waals surface area contributed by atoms with Crippen molar-refractivity contribution in [2.24, 2.45) is 0 Å². The number of nitrogens with zero attached hydrogens (tertiary/aromatic N) is 4. The molecule has 2 fully saturated rings. The quantitative estimate of drug-likeness (QED) is 0.262. The minimum absolute atomic E-state index is 0.000291. The molecule has 1 N–H and O–H groups in total. The fourth-order valence-electron chi connectivity index (χ4n) is 6.47. The highest BCUT2D eigenvalue weighted by molar-refractivity contribution is 6.30. The zero-order valence-electron chi connectivity index (χ0n) is 23.9. The van der Waals surface area contributed by atoms with Gasteiger partial charge in [-0.3, -0.25) is 4.90 Å². The number of hydrogen-bond acceptors (Lipinski definition) is 7. The van der Waals surface area contributed by atoms with Crippen LogP contribution in [0.2, 0.25) is 5.02 Å². The third-order valence-corrected chi connectivity index (χ3v) is 9.18. The molecular weight excluding hydrogens is 575 g/mol. The Balaban J connectivity index is 1.10. The Morgan fingerprint density at radius 3 is 2.63 bits per heavy atom. The first-order valence-corrected chi connectivity index (χ1v) is 15.0. The summed E-state index contributed by atoms with van der Waals surface area (Å²) in [6, 6.07) is 13.6. The van der Waals surface area contributed by atoms with Gasteiger partial charge in [-0.2, -0.15) is 0 Å². The Morgan fingerprint density at radius 1 is 1.14 bits per heavy atom. The number of ether oxygens (including phenoxy) is 3. The maximum absolute atomic E-state index is 14.8. The Kier molecular flexibility index (Phi) is 7.03. The molecular formula is C32H32ClFN4O5. The number of aromatic carboxylic acids is 1. The molecule has 0 aliphatic carbocycles. The summed E-state index contributed by atoms with van der Waals surface area (Å²) >= 11 is 5.98. The van der Waals surface area contributed by atoms with Gasteiger partial charge < -0.3 is 23.9 Å². The SMILES string of the molecule is CC(c1nc2ccc(C(=O)O)nc2n1C[C@@H]1CCO1)N1CCC(c2cccc3c2OC(C)(c2ccc(Cl)cc2F)O3)CC1. The molecule has 4 aromatic rings.